The maximum absolute atomic E-state index is 5.47. The Morgan fingerprint density at radius 2 is 2.10 bits per heavy atom. The molecule has 6 nitrogen and oxygen atoms in total. The minimum atomic E-state index is -0.0960. The molecule has 2 aromatic heterocycles. The van der Waals surface area contributed by atoms with Crippen LogP contribution in [0, 0.1) is 0 Å². The van der Waals surface area contributed by atoms with Crippen LogP contribution in [0.1, 0.15) is 24.2 Å². The zero-order chi connectivity index (χ0) is 14.4. The summed E-state index contributed by atoms with van der Waals surface area (Å²) in [7, 11) is 3.43. The molecule has 2 heterocycles. The second-order valence-electron chi connectivity index (χ2n) is 4.11. The van der Waals surface area contributed by atoms with Crippen LogP contribution in [0.4, 0.5) is 0 Å². The Morgan fingerprint density at radius 1 is 1.25 bits per heavy atom. The first kappa shape index (κ1) is 14.2. The molecule has 1 atom stereocenters. The fraction of sp³-hybridized carbons (Fsp3) is 0.357. The number of ether oxygens (including phenoxy) is 2. The van der Waals surface area contributed by atoms with Crippen LogP contribution in [0.15, 0.2) is 30.6 Å². The number of aromatic nitrogens is 3. The smallest absolute Gasteiger partial charge is 0.233 e. The summed E-state index contributed by atoms with van der Waals surface area (Å²) in [6.45, 7) is 2.55. The molecule has 0 amide bonds. The fourth-order valence-corrected chi connectivity index (χ4v) is 1.92. The third-order valence-corrected chi connectivity index (χ3v) is 2.83. The van der Waals surface area contributed by atoms with E-state index in [1.165, 1.54) is 0 Å². The molecule has 106 valence electrons. The van der Waals surface area contributed by atoms with Crippen LogP contribution in [0.5, 0.6) is 11.6 Å². The lowest BCUT2D eigenvalue weighted by atomic mass is 10.1. The van der Waals surface area contributed by atoms with Crippen LogP contribution in [-0.4, -0.2) is 35.9 Å². The summed E-state index contributed by atoms with van der Waals surface area (Å²) in [4.78, 5) is 4.19. The maximum atomic E-state index is 5.47. The van der Waals surface area contributed by atoms with E-state index < -0.39 is 0 Å². The number of nitrogens with one attached hydrogen (secondary N) is 1. The van der Waals surface area contributed by atoms with Gasteiger partial charge in [0.2, 0.25) is 5.88 Å². The van der Waals surface area contributed by atoms with Crippen LogP contribution >= 0.6 is 0 Å². The van der Waals surface area contributed by atoms with Gasteiger partial charge < -0.3 is 14.8 Å². The van der Waals surface area contributed by atoms with E-state index in [1.54, 1.807) is 25.6 Å². The topological polar surface area (TPSA) is 69.2 Å². The van der Waals surface area contributed by atoms with E-state index in [0.29, 0.717) is 12.5 Å². The Labute approximate surface area is 118 Å². The quantitative estimate of drug-likeness (QED) is 0.862. The number of hydrogen-bond acceptors (Lipinski definition) is 6. The monoisotopic (exact) mass is 274 g/mol. The number of rotatable bonds is 6. The van der Waals surface area contributed by atoms with Gasteiger partial charge in [-0.05, 0) is 31.7 Å². The Morgan fingerprint density at radius 3 is 2.70 bits per heavy atom. The molecule has 0 spiro atoms. The lowest BCUT2D eigenvalue weighted by Crippen LogP contribution is -2.19. The van der Waals surface area contributed by atoms with E-state index in [2.05, 4.69) is 20.5 Å². The van der Waals surface area contributed by atoms with E-state index >= 15 is 0 Å². The van der Waals surface area contributed by atoms with Gasteiger partial charge >= 0.3 is 0 Å². The highest BCUT2D eigenvalue weighted by Crippen LogP contribution is 2.23. The van der Waals surface area contributed by atoms with Crippen molar-refractivity contribution in [1.82, 2.24) is 20.5 Å². The molecule has 6 heteroatoms. The van der Waals surface area contributed by atoms with Gasteiger partial charge in [0.25, 0.3) is 0 Å². The van der Waals surface area contributed by atoms with Gasteiger partial charge in [-0.1, -0.05) is 0 Å². The molecule has 0 aliphatic heterocycles. The van der Waals surface area contributed by atoms with Crippen LogP contribution in [0.2, 0.25) is 0 Å². The standard InChI is InChI=1S/C14H18N4O2/c1-4-20-11-7-10(8-16-9-11)14(15-2)12-5-6-13(19-3)18-17-12/h5-9,14-15H,4H2,1-3H3. The van der Waals surface area contributed by atoms with Crippen molar-refractivity contribution in [3.8, 4) is 11.6 Å². The summed E-state index contributed by atoms with van der Waals surface area (Å²) in [5.41, 5.74) is 1.77. The summed E-state index contributed by atoms with van der Waals surface area (Å²) in [5, 5.41) is 11.4. The Kier molecular flexibility index (Phi) is 4.84. The van der Waals surface area contributed by atoms with E-state index in [9.17, 15) is 0 Å². The summed E-state index contributed by atoms with van der Waals surface area (Å²) < 4.78 is 10.5. The molecule has 0 saturated carbocycles. The minimum absolute atomic E-state index is 0.0960. The van der Waals surface area contributed by atoms with Crippen molar-refractivity contribution in [2.24, 2.45) is 0 Å². The van der Waals surface area contributed by atoms with Crippen molar-refractivity contribution in [1.29, 1.82) is 0 Å². The SMILES string of the molecule is CCOc1cncc(C(NC)c2ccc(OC)nn2)c1. The highest BCUT2D eigenvalue weighted by Gasteiger charge is 2.15. The van der Waals surface area contributed by atoms with Gasteiger partial charge in [-0.3, -0.25) is 4.98 Å². The lowest BCUT2D eigenvalue weighted by molar-refractivity contribution is 0.338. The van der Waals surface area contributed by atoms with Gasteiger partial charge in [-0.2, -0.15) is 0 Å². The highest BCUT2D eigenvalue weighted by molar-refractivity contribution is 5.31. The molecule has 0 radical (unpaired) electrons. The number of methoxy groups -OCH3 is 1. The third-order valence-electron chi connectivity index (χ3n) is 2.83. The predicted octanol–water partition coefficient (Wildman–Crippen LogP) is 1.59. The molecular formula is C14H18N4O2. The zero-order valence-corrected chi connectivity index (χ0v) is 11.8. The first-order valence-electron chi connectivity index (χ1n) is 6.41. The molecule has 0 aliphatic rings. The second-order valence-corrected chi connectivity index (χ2v) is 4.11. The third kappa shape index (κ3) is 3.21. The molecule has 1 N–H and O–H groups in total. The molecule has 0 aromatic carbocycles. The van der Waals surface area contributed by atoms with Crippen LogP contribution in [0.25, 0.3) is 0 Å². The Balaban J connectivity index is 2.28. The van der Waals surface area contributed by atoms with Gasteiger partial charge in [0.1, 0.15) is 5.75 Å². The fourth-order valence-electron chi connectivity index (χ4n) is 1.92. The molecule has 1 unspecified atom stereocenters. The van der Waals surface area contributed by atoms with Crippen molar-refractivity contribution >= 4 is 0 Å². The molecular weight excluding hydrogens is 256 g/mol. The first-order chi connectivity index (χ1) is 9.78. The van der Waals surface area contributed by atoms with E-state index in [0.717, 1.165) is 17.0 Å². The summed E-state index contributed by atoms with van der Waals surface area (Å²) in [6, 6.07) is 5.51. The average Bonchev–Trinajstić information content (AvgIpc) is 2.49. The molecule has 2 aromatic rings. The van der Waals surface area contributed by atoms with Crippen molar-refractivity contribution < 1.29 is 9.47 Å². The highest BCUT2D eigenvalue weighted by atomic mass is 16.5. The molecule has 0 aliphatic carbocycles. The molecule has 2 rings (SSSR count). The van der Waals surface area contributed by atoms with Gasteiger partial charge in [-0.25, -0.2) is 0 Å². The van der Waals surface area contributed by atoms with Crippen molar-refractivity contribution in [2.75, 3.05) is 20.8 Å². The van der Waals surface area contributed by atoms with E-state index in [4.69, 9.17) is 9.47 Å². The predicted molar refractivity (Wildman–Crippen MR) is 74.9 cm³/mol. The largest absolute Gasteiger partial charge is 0.492 e. The van der Waals surface area contributed by atoms with Crippen molar-refractivity contribution in [2.45, 2.75) is 13.0 Å². The minimum Gasteiger partial charge on any atom is -0.492 e. The lowest BCUT2D eigenvalue weighted by Gasteiger charge is -2.16. The van der Waals surface area contributed by atoms with Crippen LogP contribution in [0.3, 0.4) is 0 Å². The first-order valence-corrected chi connectivity index (χ1v) is 6.41. The van der Waals surface area contributed by atoms with Crippen molar-refractivity contribution in [3.05, 3.63) is 41.9 Å². The number of hydrogen-bond donors (Lipinski definition) is 1. The van der Waals surface area contributed by atoms with Gasteiger partial charge in [0, 0.05) is 12.3 Å². The van der Waals surface area contributed by atoms with Crippen LogP contribution in [-0.2, 0) is 0 Å². The Bertz CT molecular complexity index is 545. The van der Waals surface area contributed by atoms with Gasteiger partial charge in [0.05, 0.1) is 31.6 Å². The summed E-state index contributed by atoms with van der Waals surface area (Å²) in [6.07, 6.45) is 3.48. The number of pyridine rings is 1. The summed E-state index contributed by atoms with van der Waals surface area (Å²) in [5.74, 6) is 1.23. The summed E-state index contributed by atoms with van der Waals surface area (Å²) >= 11 is 0. The van der Waals surface area contributed by atoms with Crippen LogP contribution < -0.4 is 14.8 Å². The van der Waals surface area contributed by atoms with Gasteiger partial charge in [0.15, 0.2) is 0 Å². The van der Waals surface area contributed by atoms with Crippen molar-refractivity contribution in [3.63, 3.8) is 0 Å². The average molecular weight is 274 g/mol. The Hall–Kier alpha value is -2.21. The molecule has 20 heavy (non-hydrogen) atoms. The normalized spacial score (nSPS) is 11.9. The van der Waals surface area contributed by atoms with E-state index in [1.807, 2.05) is 26.1 Å². The van der Waals surface area contributed by atoms with Gasteiger partial charge in [-0.15, -0.1) is 10.2 Å². The number of nitrogens with zero attached hydrogens (tertiary/aromatic N) is 3. The molecule has 0 saturated heterocycles. The molecule has 0 bridgehead atoms. The molecule has 0 fully saturated rings. The maximum Gasteiger partial charge on any atom is 0.233 e. The second kappa shape index (κ2) is 6.81. The van der Waals surface area contributed by atoms with E-state index in [-0.39, 0.29) is 6.04 Å². The zero-order valence-electron chi connectivity index (χ0n) is 11.8.